The Kier molecular flexibility index (Phi) is 5.64. The van der Waals surface area contributed by atoms with Crippen LogP contribution in [0.3, 0.4) is 0 Å². The number of nitriles is 1. The number of benzene rings is 8. The van der Waals surface area contributed by atoms with E-state index in [0.29, 0.717) is 5.56 Å². The summed E-state index contributed by atoms with van der Waals surface area (Å²) in [6, 6.07) is 57.9. The molecule has 0 bridgehead atoms. The molecule has 3 heteroatoms. The van der Waals surface area contributed by atoms with E-state index in [1.165, 1.54) is 21.5 Å². The normalized spacial score (nSPS) is 11.7. The van der Waals surface area contributed by atoms with Gasteiger partial charge in [0.2, 0.25) is 0 Å². The molecule has 0 fully saturated rings. The van der Waals surface area contributed by atoms with E-state index >= 15 is 0 Å². The van der Waals surface area contributed by atoms with Crippen LogP contribution < -0.4 is 0 Å². The lowest BCUT2D eigenvalue weighted by Gasteiger charge is -2.10. The first-order valence-electron chi connectivity index (χ1n) is 16.1. The highest BCUT2D eigenvalue weighted by molar-refractivity contribution is 6.24. The Morgan fingerprint density at radius 3 is 2.00 bits per heavy atom. The van der Waals surface area contributed by atoms with Gasteiger partial charge in [-0.2, -0.15) is 5.26 Å². The number of aromatic nitrogens is 1. The first-order valence-corrected chi connectivity index (χ1v) is 16.1. The highest BCUT2D eigenvalue weighted by Crippen LogP contribution is 2.43. The average molecular weight is 611 g/mol. The van der Waals surface area contributed by atoms with Gasteiger partial charge in [-0.1, -0.05) is 91.0 Å². The van der Waals surface area contributed by atoms with Gasteiger partial charge in [0, 0.05) is 32.8 Å². The smallest absolute Gasteiger partial charge is 0.143 e. The second kappa shape index (κ2) is 10.2. The highest BCUT2D eigenvalue weighted by Gasteiger charge is 2.18. The summed E-state index contributed by atoms with van der Waals surface area (Å²) < 4.78 is 9.02. The number of furan rings is 1. The molecule has 0 atom stereocenters. The first-order chi connectivity index (χ1) is 23.7. The number of rotatable bonds is 3. The van der Waals surface area contributed by atoms with Crippen LogP contribution in [0.2, 0.25) is 0 Å². The Labute approximate surface area is 276 Å². The van der Waals surface area contributed by atoms with E-state index in [-0.39, 0.29) is 0 Å². The lowest BCUT2D eigenvalue weighted by molar-refractivity contribution is 0.671. The van der Waals surface area contributed by atoms with Crippen LogP contribution >= 0.6 is 0 Å². The molecule has 10 aromatic rings. The fraction of sp³-hybridized carbons (Fsp3) is 0. The molecule has 8 aromatic carbocycles. The summed E-state index contributed by atoms with van der Waals surface area (Å²) in [6.07, 6.45) is 0. The number of hydrogen-bond acceptors (Lipinski definition) is 2. The van der Waals surface area contributed by atoms with E-state index in [0.717, 1.165) is 71.7 Å². The lowest BCUT2D eigenvalue weighted by atomic mass is 9.93. The highest BCUT2D eigenvalue weighted by atomic mass is 16.3. The molecule has 10 rings (SSSR count). The third-order valence-corrected chi connectivity index (χ3v) is 9.75. The molecule has 0 unspecified atom stereocenters. The molecule has 0 aliphatic carbocycles. The molecule has 0 aliphatic heterocycles. The van der Waals surface area contributed by atoms with Crippen LogP contribution in [0.4, 0.5) is 0 Å². The fourth-order valence-corrected chi connectivity index (χ4v) is 7.52. The quantitative estimate of drug-likeness (QED) is 0.200. The van der Waals surface area contributed by atoms with Gasteiger partial charge in [-0.25, -0.2) is 0 Å². The first kappa shape index (κ1) is 26.6. The van der Waals surface area contributed by atoms with Crippen LogP contribution in [-0.4, -0.2) is 4.57 Å². The van der Waals surface area contributed by atoms with Gasteiger partial charge in [-0.3, -0.25) is 0 Å². The van der Waals surface area contributed by atoms with Crippen molar-refractivity contribution >= 4 is 65.3 Å². The van der Waals surface area contributed by atoms with Crippen LogP contribution in [0.15, 0.2) is 162 Å². The summed E-state index contributed by atoms with van der Waals surface area (Å²) in [5, 5.41) is 19.0. The Morgan fingerprint density at radius 1 is 0.479 bits per heavy atom. The molecular weight excluding hydrogens is 585 g/mol. The summed E-state index contributed by atoms with van der Waals surface area (Å²) in [6.45, 7) is 0. The second-order valence-electron chi connectivity index (χ2n) is 12.5. The summed E-state index contributed by atoms with van der Waals surface area (Å²) in [4.78, 5) is 0. The molecule has 0 spiro atoms. The lowest BCUT2D eigenvalue weighted by Crippen LogP contribution is -1.93. The molecular formula is C45H26N2O. The molecule has 2 heterocycles. The molecule has 0 radical (unpaired) electrons. The SMILES string of the molecule is N#Cc1ccc2c(c1)c1cc(-c3cccc(-c4cc5ccccc5c5c4oc4cc6ccccc6cc45)c3)ccc1n2-c1ccccc1. The zero-order chi connectivity index (χ0) is 31.8. The van der Waals surface area contributed by atoms with E-state index < -0.39 is 0 Å². The topological polar surface area (TPSA) is 41.9 Å². The average Bonchev–Trinajstić information content (AvgIpc) is 3.69. The second-order valence-corrected chi connectivity index (χ2v) is 12.5. The van der Waals surface area contributed by atoms with E-state index in [2.05, 4.69) is 150 Å². The Balaban J connectivity index is 1.19. The van der Waals surface area contributed by atoms with Gasteiger partial charge in [0.25, 0.3) is 0 Å². The van der Waals surface area contributed by atoms with Crippen LogP contribution in [0.25, 0.3) is 93.2 Å². The van der Waals surface area contributed by atoms with Gasteiger partial charge >= 0.3 is 0 Å². The maximum absolute atomic E-state index is 9.74. The molecule has 0 amide bonds. The van der Waals surface area contributed by atoms with Gasteiger partial charge in [-0.05, 0) is 105 Å². The number of para-hydroxylation sites is 1. The van der Waals surface area contributed by atoms with Gasteiger partial charge < -0.3 is 8.98 Å². The largest absolute Gasteiger partial charge is 0.455 e. The molecule has 222 valence electrons. The van der Waals surface area contributed by atoms with Gasteiger partial charge in [-0.15, -0.1) is 0 Å². The van der Waals surface area contributed by atoms with Crippen molar-refractivity contribution in [2.24, 2.45) is 0 Å². The monoisotopic (exact) mass is 610 g/mol. The summed E-state index contributed by atoms with van der Waals surface area (Å²) in [5.74, 6) is 0. The zero-order valence-corrected chi connectivity index (χ0v) is 25.8. The third-order valence-electron chi connectivity index (χ3n) is 9.75. The van der Waals surface area contributed by atoms with Crippen LogP contribution in [0, 0.1) is 11.3 Å². The van der Waals surface area contributed by atoms with Crippen molar-refractivity contribution in [2.45, 2.75) is 0 Å². The number of fused-ring (bicyclic) bond motifs is 9. The minimum atomic E-state index is 0.654. The molecule has 48 heavy (non-hydrogen) atoms. The van der Waals surface area contributed by atoms with Gasteiger partial charge in [0.1, 0.15) is 11.2 Å². The van der Waals surface area contributed by atoms with E-state index in [1.807, 2.05) is 18.2 Å². The maximum Gasteiger partial charge on any atom is 0.143 e. The number of nitrogens with zero attached hydrogens (tertiary/aromatic N) is 2. The predicted molar refractivity (Wildman–Crippen MR) is 199 cm³/mol. The molecule has 3 nitrogen and oxygen atoms in total. The summed E-state index contributed by atoms with van der Waals surface area (Å²) in [5.41, 5.74) is 10.2. The van der Waals surface area contributed by atoms with Crippen molar-refractivity contribution in [1.29, 1.82) is 5.26 Å². The van der Waals surface area contributed by atoms with E-state index in [1.54, 1.807) is 0 Å². The predicted octanol–water partition coefficient (Wildman–Crippen LogP) is 12.2. The molecule has 0 saturated carbocycles. The van der Waals surface area contributed by atoms with Crippen molar-refractivity contribution in [3.8, 4) is 34.0 Å². The van der Waals surface area contributed by atoms with Gasteiger partial charge in [0.05, 0.1) is 22.7 Å². The van der Waals surface area contributed by atoms with E-state index in [9.17, 15) is 5.26 Å². The minimum absolute atomic E-state index is 0.654. The Bertz CT molecular complexity index is 2960. The third kappa shape index (κ3) is 3.93. The summed E-state index contributed by atoms with van der Waals surface area (Å²) >= 11 is 0. The minimum Gasteiger partial charge on any atom is -0.455 e. The van der Waals surface area contributed by atoms with Crippen molar-refractivity contribution in [1.82, 2.24) is 4.57 Å². The number of hydrogen-bond donors (Lipinski definition) is 0. The van der Waals surface area contributed by atoms with Crippen LogP contribution in [0.5, 0.6) is 0 Å². The van der Waals surface area contributed by atoms with E-state index in [4.69, 9.17) is 4.42 Å². The summed E-state index contributed by atoms with van der Waals surface area (Å²) in [7, 11) is 0. The van der Waals surface area contributed by atoms with Crippen molar-refractivity contribution < 1.29 is 4.42 Å². The fourth-order valence-electron chi connectivity index (χ4n) is 7.52. The Hall–Kier alpha value is -6.63. The van der Waals surface area contributed by atoms with Crippen molar-refractivity contribution in [2.75, 3.05) is 0 Å². The van der Waals surface area contributed by atoms with Crippen LogP contribution in [-0.2, 0) is 0 Å². The standard InChI is InChI=1S/C45H26N2O/c46-27-28-17-19-41-38(21-28)39-23-32(18-20-42(39)47(41)35-14-2-1-3-15-35)29-12-8-13-33(22-29)37-25-34-11-6-7-16-36(34)44-40-24-30-9-4-5-10-31(30)26-43(40)48-45(37)44/h1-26H. The Morgan fingerprint density at radius 2 is 1.17 bits per heavy atom. The molecule has 0 saturated heterocycles. The molecule has 0 N–H and O–H groups in total. The van der Waals surface area contributed by atoms with Gasteiger partial charge in [0.15, 0.2) is 0 Å². The zero-order valence-electron chi connectivity index (χ0n) is 25.8. The van der Waals surface area contributed by atoms with Crippen LogP contribution in [0.1, 0.15) is 5.56 Å². The molecule has 2 aromatic heterocycles. The van der Waals surface area contributed by atoms with Crippen molar-refractivity contribution in [3.63, 3.8) is 0 Å². The molecule has 0 aliphatic rings. The van der Waals surface area contributed by atoms with Crippen molar-refractivity contribution in [3.05, 3.63) is 163 Å². The maximum atomic E-state index is 9.74.